The number of benzene rings is 2. The average Bonchev–Trinajstić information content (AvgIpc) is 3.05. The zero-order valence-electron chi connectivity index (χ0n) is 17.2. The largest absolute Gasteiger partial charge is 0.484 e. The maximum Gasteiger partial charge on any atom is 0.255 e. The molecule has 3 aromatic rings. The second kappa shape index (κ2) is 9.66. The van der Waals surface area contributed by atoms with Crippen LogP contribution in [-0.4, -0.2) is 27.3 Å². The minimum absolute atomic E-state index is 0. The Morgan fingerprint density at radius 1 is 1.16 bits per heavy atom. The van der Waals surface area contributed by atoms with Crippen LogP contribution in [0.4, 0.5) is 13.2 Å². The Hall–Kier alpha value is -2.98. The van der Waals surface area contributed by atoms with Gasteiger partial charge in [0, 0.05) is 24.7 Å². The van der Waals surface area contributed by atoms with E-state index < -0.39 is 34.7 Å². The lowest BCUT2D eigenvalue weighted by Crippen LogP contribution is -2.30. The Balaban J connectivity index is 0.00000363. The number of hydrogen-bond acceptors (Lipinski definition) is 5. The van der Waals surface area contributed by atoms with Gasteiger partial charge in [0.1, 0.15) is 11.6 Å². The first-order chi connectivity index (χ1) is 14.5. The molecule has 0 radical (unpaired) electrons. The number of amides is 1. The Morgan fingerprint density at radius 3 is 2.34 bits per heavy atom. The number of rotatable bonds is 7. The maximum atomic E-state index is 14.0. The van der Waals surface area contributed by atoms with Gasteiger partial charge in [-0.25, -0.2) is 13.2 Å². The van der Waals surface area contributed by atoms with Crippen LogP contribution in [0.2, 0.25) is 5.02 Å². The van der Waals surface area contributed by atoms with Crippen LogP contribution in [-0.2, 0) is 17.4 Å². The summed E-state index contributed by atoms with van der Waals surface area (Å²) in [7, 11) is 1.63. The lowest BCUT2D eigenvalue weighted by Gasteiger charge is -2.26. The zero-order valence-corrected chi connectivity index (χ0v) is 18.7. The molecule has 3 rings (SSSR count). The van der Waals surface area contributed by atoms with Crippen molar-refractivity contribution < 1.29 is 27.4 Å². The van der Waals surface area contributed by atoms with Crippen molar-refractivity contribution in [1.82, 2.24) is 14.8 Å². The number of aromatic nitrogens is 3. The third kappa shape index (κ3) is 5.25. The number of nitrogens with two attached hydrogens (primary N) is 1. The summed E-state index contributed by atoms with van der Waals surface area (Å²) in [6.45, 7) is 2.77. The number of nitrogens with zero attached hydrogens (tertiary/aromatic N) is 3. The van der Waals surface area contributed by atoms with Gasteiger partial charge in [-0.15, -0.1) is 22.6 Å². The van der Waals surface area contributed by atoms with Crippen molar-refractivity contribution in [2.24, 2.45) is 12.8 Å². The standard InChI is InChI=1S/C20H18ClF3N4O3.ClH/c1-20(2,31-17-14(23)6-10(22)7-15(17)24)19-27-26-18(28(19)3)12-5-4-11(8-13(12)21)30-9-16(25)29;/h4-8H,9H2,1-3H3,(H2,25,29);1H. The lowest BCUT2D eigenvalue weighted by atomic mass is 10.1. The highest BCUT2D eigenvalue weighted by Crippen LogP contribution is 2.34. The molecule has 0 saturated carbocycles. The molecule has 172 valence electrons. The number of halogens is 5. The predicted octanol–water partition coefficient (Wildman–Crippen LogP) is 4.15. The van der Waals surface area contributed by atoms with Crippen LogP contribution in [0.5, 0.6) is 11.5 Å². The monoisotopic (exact) mass is 490 g/mol. The van der Waals surface area contributed by atoms with Gasteiger partial charge >= 0.3 is 0 Å². The zero-order chi connectivity index (χ0) is 22.9. The van der Waals surface area contributed by atoms with Crippen LogP contribution in [0.25, 0.3) is 11.4 Å². The number of hydrogen-bond donors (Lipinski definition) is 1. The lowest BCUT2D eigenvalue weighted by molar-refractivity contribution is -0.119. The molecule has 0 aliphatic heterocycles. The molecule has 2 N–H and O–H groups in total. The van der Waals surface area contributed by atoms with Gasteiger partial charge in [0.25, 0.3) is 5.91 Å². The molecule has 1 amide bonds. The molecule has 12 heteroatoms. The summed E-state index contributed by atoms with van der Waals surface area (Å²) in [5.74, 6) is -3.86. The van der Waals surface area contributed by atoms with Crippen LogP contribution < -0.4 is 15.2 Å². The maximum absolute atomic E-state index is 14.0. The van der Waals surface area contributed by atoms with E-state index in [1.807, 2.05) is 0 Å². The van der Waals surface area contributed by atoms with E-state index in [0.29, 0.717) is 29.3 Å². The van der Waals surface area contributed by atoms with Crippen molar-refractivity contribution in [3.8, 4) is 22.9 Å². The van der Waals surface area contributed by atoms with Crippen molar-refractivity contribution in [3.63, 3.8) is 0 Å². The van der Waals surface area contributed by atoms with E-state index in [9.17, 15) is 18.0 Å². The molecule has 0 atom stereocenters. The number of primary amides is 1. The SMILES string of the molecule is Cl.Cn1c(-c2ccc(OCC(N)=O)cc2Cl)nnc1C(C)(C)Oc1c(F)cc(F)cc1F. The molecule has 0 spiro atoms. The summed E-state index contributed by atoms with van der Waals surface area (Å²) < 4.78 is 53.5. The van der Waals surface area contributed by atoms with Gasteiger partial charge in [0.2, 0.25) is 0 Å². The summed E-state index contributed by atoms with van der Waals surface area (Å²) in [6.07, 6.45) is 0. The highest BCUT2D eigenvalue weighted by atomic mass is 35.5. The fourth-order valence-corrected chi connectivity index (χ4v) is 3.19. The minimum atomic E-state index is -1.34. The number of carbonyl (C=O) groups is 1. The molecule has 0 aliphatic rings. The average molecular weight is 491 g/mol. The minimum Gasteiger partial charge on any atom is -0.484 e. The van der Waals surface area contributed by atoms with Crippen LogP contribution in [0, 0.1) is 17.5 Å². The van der Waals surface area contributed by atoms with Gasteiger partial charge < -0.3 is 19.8 Å². The van der Waals surface area contributed by atoms with Gasteiger partial charge in [-0.1, -0.05) is 11.6 Å². The quantitative estimate of drug-likeness (QED) is 0.536. The van der Waals surface area contributed by atoms with E-state index in [0.717, 1.165) is 0 Å². The van der Waals surface area contributed by atoms with E-state index in [2.05, 4.69) is 10.2 Å². The normalized spacial score (nSPS) is 11.1. The van der Waals surface area contributed by atoms with Crippen LogP contribution in [0.3, 0.4) is 0 Å². The summed E-state index contributed by atoms with van der Waals surface area (Å²) in [4.78, 5) is 10.8. The molecular formula is C20H19Cl2F3N4O3. The molecule has 32 heavy (non-hydrogen) atoms. The van der Waals surface area contributed by atoms with Crippen molar-refractivity contribution in [2.75, 3.05) is 6.61 Å². The summed E-state index contributed by atoms with van der Waals surface area (Å²) >= 11 is 6.32. The fraction of sp³-hybridized carbons (Fsp3) is 0.250. The van der Waals surface area contributed by atoms with E-state index in [1.165, 1.54) is 19.9 Å². The summed E-state index contributed by atoms with van der Waals surface area (Å²) in [5.41, 5.74) is 4.20. The predicted molar refractivity (Wildman–Crippen MR) is 113 cm³/mol. The van der Waals surface area contributed by atoms with E-state index in [1.54, 1.807) is 23.7 Å². The first-order valence-electron chi connectivity index (χ1n) is 8.94. The molecule has 2 aromatic carbocycles. The summed E-state index contributed by atoms with van der Waals surface area (Å²) in [5, 5.41) is 8.44. The third-order valence-corrected chi connectivity index (χ3v) is 4.61. The van der Waals surface area contributed by atoms with E-state index >= 15 is 0 Å². The Morgan fingerprint density at radius 2 is 1.78 bits per heavy atom. The molecule has 0 bridgehead atoms. The van der Waals surface area contributed by atoms with Gasteiger partial charge in [-0.2, -0.15) is 0 Å². The van der Waals surface area contributed by atoms with Gasteiger partial charge in [-0.05, 0) is 32.0 Å². The highest BCUT2D eigenvalue weighted by Gasteiger charge is 2.32. The Kier molecular flexibility index (Phi) is 7.63. The number of ether oxygens (including phenoxy) is 2. The first kappa shape index (κ1) is 25.3. The fourth-order valence-electron chi connectivity index (χ4n) is 2.94. The first-order valence-corrected chi connectivity index (χ1v) is 9.32. The van der Waals surface area contributed by atoms with Crippen molar-refractivity contribution in [2.45, 2.75) is 19.4 Å². The van der Waals surface area contributed by atoms with Crippen LogP contribution in [0.1, 0.15) is 19.7 Å². The van der Waals surface area contributed by atoms with Crippen LogP contribution >= 0.6 is 24.0 Å². The summed E-state index contributed by atoms with van der Waals surface area (Å²) in [6, 6.07) is 5.72. The smallest absolute Gasteiger partial charge is 0.255 e. The van der Waals surface area contributed by atoms with Gasteiger partial charge in [0.05, 0.1) is 5.02 Å². The topological polar surface area (TPSA) is 92.3 Å². The van der Waals surface area contributed by atoms with Crippen molar-refractivity contribution in [3.05, 3.63) is 58.6 Å². The molecule has 7 nitrogen and oxygen atoms in total. The molecule has 1 heterocycles. The molecule has 0 aliphatic carbocycles. The second-order valence-electron chi connectivity index (χ2n) is 7.11. The second-order valence-corrected chi connectivity index (χ2v) is 7.52. The van der Waals surface area contributed by atoms with E-state index in [4.69, 9.17) is 26.8 Å². The highest BCUT2D eigenvalue weighted by molar-refractivity contribution is 6.33. The van der Waals surface area contributed by atoms with E-state index in [-0.39, 0.29) is 29.9 Å². The van der Waals surface area contributed by atoms with Gasteiger partial charge in [-0.3, -0.25) is 4.79 Å². The molecular weight excluding hydrogens is 472 g/mol. The molecule has 0 fully saturated rings. The van der Waals surface area contributed by atoms with Gasteiger partial charge in [0.15, 0.2) is 41.2 Å². The molecule has 0 unspecified atom stereocenters. The molecule has 1 aromatic heterocycles. The molecule has 0 saturated heterocycles. The number of carbonyl (C=O) groups excluding carboxylic acids is 1. The Bertz CT molecular complexity index is 1130. The third-order valence-electron chi connectivity index (χ3n) is 4.30. The van der Waals surface area contributed by atoms with Crippen molar-refractivity contribution in [1.29, 1.82) is 0 Å². The van der Waals surface area contributed by atoms with Crippen molar-refractivity contribution >= 4 is 29.9 Å². The Labute approximate surface area is 192 Å². The van der Waals surface area contributed by atoms with Crippen LogP contribution in [0.15, 0.2) is 30.3 Å².